The highest BCUT2D eigenvalue weighted by Gasteiger charge is 2.23. The lowest BCUT2D eigenvalue weighted by molar-refractivity contribution is -0.127. The molecule has 1 aromatic carbocycles. The Morgan fingerprint density at radius 3 is 2.67 bits per heavy atom. The van der Waals surface area contributed by atoms with Crippen LogP contribution in [-0.2, 0) is 11.8 Å². The number of nitrogens with one attached hydrogen (secondary N) is 2. The van der Waals surface area contributed by atoms with Gasteiger partial charge in [0.05, 0.1) is 5.69 Å². The summed E-state index contributed by atoms with van der Waals surface area (Å²) in [7, 11) is 1.77. The predicted octanol–water partition coefficient (Wildman–Crippen LogP) is 3.76. The van der Waals surface area contributed by atoms with Crippen molar-refractivity contribution in [3.63, 3.8) is 0 Å². The summed E-state index contributed by atoms with van der Waals surface area (Å²) in [5, 5.41) is 10.5. The van der Waals surface area contributed by atoms with E-state index in [2.05, 4.69) is 15.7 Å². The quantitative estimate of drug-likeness (QED) is 0.710. The van der Waals surface area contributed by atoms with Gasteiger partial charge in [-0.05, 0) is 50.8 Å². The largest absolute Gasteiger partial charge is 0.339 e. The Labute approximate surface area is 182 Å². The van der Waals surface area contributed by atoms with Crippen LogP contribution < -0.4 is 10.6 Å². The number of rotatable bonds is 5. The van der Waals surface area contributed by atoms with E-state index < -0.39 is 0 Å². The molecule has 1 unspecified atom stereocenters. The second-order valence-corrected chi connectivity index (χ2v) is 8.10. The topological polar surface area (TPSA) is 79.3 Å². The Morgan fingerprint density at radius 2 is 2.00 bits per heavy atom. The number of hydrogen-bond acceptors (Lipinski definition) is 3. The third-order valence-electron chi connectivity index (χ3n) is 5.28. The maximum Gasteiger partial charge on any atom is 0.319 e. The van der Waals surface area contributed by atoms with Gasteiger partial charge in [0.15, 0.2) is 0 Å². The van der Waals surface area contributed by atoms with E-state index in [0.717, 1.165) is 41.9 Å². The van der Waals surface area contributed by atoms with Gasteiger partial charge in [0, 0.05) is 44.0 Å². The molecular weight excluding hydrogens is 402 g/mol. The molecule has 0 radical (unpaired) electrons. The van der Waals surface area contributed by atoms with E-state index in [1.807, 2.05) is 43.0 Å². The van der Waals surface area contributed by atoms with E-state index in [-0.39, 0.29) is 17.9 Å². The summed E-state index contributed by atoms with van der Waals surface area (Å²) in [4.78, 5) is 26.6. The smallest absolute Gasteiger partial charge is 0.319 e. The first-order chi connectivity index (χ1) is 14.3. The summed E-state index contributed by atoms with van der Waals surface area (Å²) in [6.07, 6.45) is 5.17. The van der Waals surface area contributed by atoms with E-state index in [1.165, 1.54) is 0 Å². The van der Waals surface area contributed by atoms with Crippen LogP contribution >= 0.6 is 11.6 Å². The molecule has 0 saturated carbocycles. The lowest BCUT2D eigenvalue weighted by Crippen LogP contribution is -2.43. The molecule has 30 heavy (non-hydrogen) atoms. The molecule has 8 heteroatoms. The van der Waals surface area contributed by atoms with E-state index in [1.54, 1.807) is 23.9 Å². The Morgan fingerprint density at radius 1 is 1.27 bits per heavy atom. The Balaban J connectivity index is 1.49. The third-order valence-corrected chi connectivity index (χ3v) is 5.73. The maximum atomic E-state index is 12.6. The fraction of sp³-hybridized carbons (Fsp3) is 0.409. The van der Waals surface area contributed by atoms with Crippen LogP contribution in [-0.4, -0.2) is 46.3 Å². The number of anilines is 1. The molecule has 1 fully saturated rings. The number of hydrogen-bond donors (Lipinski definition) is 2. The molecule has 1 atom stereocenters. The van der Waals surface area contributed by atoms with Gasteiger partial charge in [-0.3, -0.25) is 9.48 Å². The van der Waals surface area contributed by atoms with Crippen molar-refractivity contribution in [2.45, 2.75) is 26.7 Å². The minimum atomic E-state index is -0.233. The number of amides is 3. The highest BCUT2D eigenvalue weighted by atomic mass is 35.5. The van der Waals surface area contributed by atoms with Gasteiger partial charge in [0.25, 0.3) is 0 Å². The zero-order valence-electron chi connectivity index (χ0n) is 17.6. The minimum Gasteiger partial charge on any atom is -0.339 e. The standard InChI is InChI=1S/C22H28ClN5O2/c1-15-6-8-18(9-7-15)25-22(30)24-13-17-5-4-12-28(14-17)20(29)11-10-19-16(2)26-27(3)21(19)23/h6-11,17H,4-5,12-14H2,1-3H3,(H2,24,25,30)/b11-10+. The fourth-order valence-electron chi connectivity index (χ4n) is 3.58. The monoisotopic (exact) mass is 429 g/mol. The average Bonchev–Trinajstić information content (AvgIpc) is 2.98. The molecule has 3 amide bonds. The SMILES string of the molecule is Cc1ccc(NC(=O)NCC2CCCN(C(=O)/C=C/c3c(C)nn(C)c3Cl)C2)cc1. The van der Waals surface area contributed by atoms with Crippen LogP contribution in [0.15, 0.2) is 30.3 Å². The van der Waals surface area contributed by atoms with Crippen LogP contribution in [0.25, 0.3) is 6.08 Å². The van der Waals surface area contributed by atoms with Gasteiger partial charge < -0.3 is 15.5 Å². The van der Waals surface area contributed by atoms with Crippen LogP contribution in [0.2, 0.25) is 5.15 Å². The summed E-state index contributed by atoms with van der Waals surface area (Å²) in [6.45, 7) is 5.73. The first-order valence-electron chi connectivity index (χ1n) is 10.1. The number of piperidine rings is 1. The highest BCUT2D eigenvalue weighted by Crippen LogP contribution is 2.21. The minimum absolute atomic E-state index is 0.0527. The van der Waals surface area contributed by atoms with Gasteiger partial charge >= 0.3 is 6.03 Å². The average molecular weight is 430 g/mol. The van der Waals surface area contributed by atoms with Crippen LogP contribution in [0.4, 0.5) is 10.5 Å². The van der Waals surface area contributed by atoms with Crippen molar-refractivity contribution < 1.29 is 9.59 Å². The molecule has 1 aromatic heterocycles. The number of carbonyl (C=O) groups is 2. The number of nitrogens with zero attached hydrogens (tertiary/aromatic N) is 3. The van der Waals surface area contributed by atoms with Crippen molar-refractivity contribution in [2.24, 2.45) is 13.0 Å². The van der Waals surface area contributed by atoms with Crippen molar-refractivity contribution in [3.05, 3.63) is 52.3 Å². The number of carbonyl (C=O) groups excluding carboxylic acids is 2. The van der Waals surface area contributed by atoms with Crippen molar-refractivity contribution in [1.82, 2.24) is 20.0 Å². The molecule has 1 aliphatic rings. The molecule has 1 saturated heterocycles. The number of benzene rings is 1. The number of urea groups is 1. The normalized spacial score (nSPS) is 16.7. The van der Waals surface area contributed by atoms with Crippen molar-refractivity contribution in [1.29, 1.82) is 0 Å². The van der Waals surface area contributed by atoms with Gasteiger partial charge in [0.1, 0.15) is 5.15 Å². The Hall–Kier alpha value is -2.80. The van der Waals surface area contributed by atoms with Gasteiger partial charge in [-0.15, -0.1) is 0 Å². The molecule has 0 spiro atoms. The number of halogens is 1. The summed E-state index contributed by atoms with van der Waals surface area (Å²) < 4.78 is 1.59. The first kappa shape index (κ1) is 21.9. The molecule has 2 N–H and O–H groups in total. The van der Waals surface area contributed by atoms with Crippen LogP contribution in [0.1, 0.15) is 29.7 Å². The molecule has 2 heterocycles. The molecule has 3 rings (SSSR count). The van der Waals surface area contributed by atoms with Crippen LogP contribution in [0, 0.1) is 19.8 Å². The van der Waals surface area contributed by atoms with Crippen LogP contribution in [0.5, 0.6) is 0 Å². The van der Waals surface area contributed by atoms with Crippen molar-refractivity contribution in [3.8, 4) is 0 Å². The zero-order valence-corrected chi connectivity index (χ0v) is 18.4. The fourth-order valence-corrected chi connectivity index (χ4v) is 3.81. The van der Waals surface area contributed by atoms with Gasteiger partial charge in [-0.25, -0.2) is 4.79 Å². The Bertz CT molecular complexity index is 936. The van der Waals surface area contributed by atoms with Gasteiger partial charge in [-0.1, -0.05) is 29.3 Å². The lowest BCUT2D eigenvalue weighted by Gasteiger charge is -2.32. The lowest BCUT2D eigenvalue weighted by atomic mass is 9.98. The molecule has 0 bridgehead atoms. The molecule has 160 valence electrons. The van der Waals surface area contributed by atoms with E-state index in [4.69, 9.17) is 11.6 Å². The molecular formula is C22H28ClN5O2. The summed E-state index contributed by atoms with van der Waals surface area (Å²) in [5.41, 5.74) is 3.44. The molecule has 1 aliphatic heterocycles. The molecule has 7 nitrogen and oxygen atoms in total. The first-order valence-corrected chi connectivity index (χ1v) is 10.5. The molecule has 0 aliphatic carbocycles. The number of aromatic nitrogens is 2. The second kappa shape index (κ2) is 9.80. The second-order valence-electron chi connectivity index (χ2n) is 7.74. The highest BCUT2D eigenvalue weighted by molar-refractivity contribution is 6.31. The van der Waals surface area contributed by atoms with Crippen molar-refractivity contribution >= 4 is 35.3 Å². The third kappa shape index (κ3) is 5.63. The Kier molecular flexibility index (Phi) is 7.15. The number of aryl methyl sites for hydroxylation is 3. The van der Waals surface area contributed by atoms with E-state index in [0.29, 0.717) is 18.2 Å². The number of likely N-dealkylation sites (tertiary alicyclic amines) is 1. The van der Waals surface area contributed by atoms with Gasteiger partial charge in [0.2, 0.25) is 5.91 Å². The van der Waals surface area contributed by atoms with E-state index >= 15 is 0 Å². The maximum absolute atomic E-state index is 12.6. The van der Waals surface area contributed by atoms with Gasteiger partial charge in [-0.2, -0.15) is 5.10 Å². The summed E-state index contributed by atoms with van der Waals surface area (Å²) in [5.74, 6) is 0.173. The van der Waals surface area contributed by atoms with E-state index in [9.17, 15) is 9.59 Å². The molecule has 2 aromatic rings. The summed E-state index contributed by atoms with van der Waals surface area (Å²) in [6, 6.07) is 7.42. The summed E-state index contributed by atoms with van der Waals surface area (Å²) >= 11 is 6.22. The zero-order chi connectivity index (χ0) is 21.7. The predicted molar refractivity (Wildman–Crippen MR) is 119 cm³/mol. The van der Waals surface area contributed by atoms with Crippen molar-refractivity contribution in [2.75, 3.05) is 25.0 Å². The van der Waals surface area contributed by atoms with Crippen LogP contribution in [0.3, 0.4) is 0 Å².